The zero-order chi connectivity index (χ0) is 27.2. The quantitative estimate of drug-likeness (QED) is 0.522. The molecule has 210 valence electrons. The van der Waals surface area contributed by atoms with Crippen LogP contribution in [0.4, 0.5) is 5.69 Å². The lowest BCUT2D eigenvalue weighted by atomic mass is 10.0. The summed E-state index contributed by atoms with van der Waals surface area (Å²) < 4.78 is 38.7. The molecule has 1 aliphatic carbocycles. The summed E-state index contributed by atoms with van der Waals surface area (Å²) in [5.74, 6) is 0.894. The number of ether oxygens (including phenoxy) is 2. The number of carbonyl (C=O) groups excluding carboxylic acids is 1. The van der Waals surface area contributed by atoms with E-state index in [4.69, 9.17) is 9.47 Å². The summed E-state index contributed by atoms with van der Waals surface area (Å²) in [6.07, 6.45) is 6.12. The molecule has 9 nitrogen and oxygen atoms in total. The smallest absolute Gasteiger partial charge is 0.258 e. The second-order valence-corrected chi connectivity index (χ2v) is 12.8. The lowest BCUT2D eigenvalue weighted by molar-refractivity contribution is -0.0172. The minimum absolute atomic E-state index is 0.0168. The summed E-state index contributed by atoms with van der Waals surface area (Å²) in [7, 11) is -1.39. The Morgan fingerprint density at radius 3 is 2.57 bits per heavy atom. The minimum atomic E-state index is -3.52. The van der Waals surface area contributed by atoms with E-state index in [1.54, 1.807) is 17.0 Å². The molecule has 1 aliphatic heterocycles. The van der Waals surface area contributed by atoms with Gasteiger partial charge < -0.3 is 24.4 Å². The number of hydrogen-bond donors (Lipinski definition) is 2. The molecule has 0 saturated heterocycles. The Morgan fingerprint density at radius 1 is 1.19 bits per heavy atom. The maximum absolute atomic E-state index is 14.0. The second-order valence-electron chi connectivity index (χ2n) is 11.0. The number of rotatable bonds is 8. The number of carbonyl (C=O) groups is 1. The van der Waals surface area contributed by atoms with Crippen LogP contribution in [0.5, 0.6) is 5.75 Å². The normalized spacial score (nSPS) is 25.2. The summed E-state index contributed by atoms with van der Waals surface area (Å²) in [5, 5.41) is 10.0. The zero-order valence-corrected chi connectivity index (χ0v) is 23.8. The summed E-state index contributed by atoms with van der Waals surface area (Å²) in [4.78, 5) is 18.0. The van der Waals surface area contributed by atoms with Gasteiger partial charge in [-0.3, -0.25) is 9.52 Å². The fraction of sp³-hybridized carbons (Fsp3) is 0.741. The van der Waals surface area contributed by atoms with Gasteiger partial charge in [0.1, 0.15) is 5.75 Å². The first kappa shape index (κ1) is 29.7. The topological polar surface area (TPSA) is 108 Å². The van der Waals surface area contributed by atoms with E-state index in [0.29, 0.717) is 24.6 Å². The van der Waals surface area contributed by atoms with Gasteiger partial charge in [0.15, 0.2) is 0 Å². The monoisotopic (exact) mass is 539 g/mol. The predicted molar refractivity (Wildman–Crippen MR) is 146 cm³/mol. The molecule has 1 saturated carbocycles. The summed E-state index contributed by atoms with van der Waals surface area (Å²) in [6, 6.07) is 4.33. The molecule has 10 heteroatoms. The van der Waals surface area contributed by atoms with Crippen molar-refractivity contribution < 1.29 is 27.8 Å². The van der Waals surface area contributed by atoms with Crippen molar-refractivity contribution in [2.45, 2.75) is 71.1 Å². The van der Waals surface area contributed by atoms with Gasteiger partial charge in [0, 0.05) is 37.8 Å². The van der Waals surface area contributed by atoms with Crippen molar-refractivity contribution in [1.29, 1.82) is 0 Å². The van der Waals surface area contributed by atoms with Gasteiger partial charge in [-0.25, -0.2) is 8.42 Å². The van der Waals surface area contributed by atoms with Gasteiger partial charge in [-0.15, -0.1) is 0 Å². The highest BCUT2D eigenvalue weighted by Gasteiger charge is 2.31. The average molecular weight is 540 g/mol. The van der Waals surface area contributed by atoms with E-state index in [-0.39, 0.29) is 36.2 Å². The summed E-state index contributed by atoms with van der Waals surface area (Å²) in [6.45, 7) is 8.56. The lowest BCUT2D eigenvalue weighted by Crippen LogP contribution is -2.47. The van der Waals surface area contributed by atoms with Crippen LogP contribution < -0.4 is 9.46 Å². The van der Waals surface area contributed by atoms with Crippen molar-refractivity contribution in [3.8, 4) is 5.75 Å². The maximum Gasteiger partial charge on any atom is 0.258 e. The van der Waals surface area contributed by atoms with E-state index in [1.807, 2.05) is 13.8 Å². The number of benzene rings is 1. The van der Waals surface area contributed by atoms with E-state index in [1.165, 1.54) is 18.9 Å². The lowest BCUT2D eigenvalue weighted by Gasteiger charge is -2.36. The van der Waals surface area contributed by atoms with Gasteiger partial charge in [0.05, 0.1) is 36.7 Å². The van der Waals surface area contributed by atoms with Crippen molar-refractivity contribution in [2.75, 3.05) is 50.9 Å². The number of aliphatic hydroxyl groups is 1. The molecule has 1 fully saturated rings. The first-order valence-corrected chi connectivity index (χ1v) is 15.4. The molecule has 0 aromatic heterocycles. The number of hydrogen-bond acceptors (Lipinski definition) is 7. The Labute approximate surface area is 222 Å². The van der Waals surface area contributed by atoms with E-state index in [0.717, 1.165) is 44.5 Å². The molecule has 4 atom stereocenters. The molecule has 37 heavy (non-hydrogen) atoms. The highest BCUT2D eigenvalue weighted by Crippen LogP contribution is 2.30. The van der Waals surface area contributed by atoms with Crippen LogP contribution in [-0.4, -0.2) is 93.6 Å². The molecule has 0 spiro atoms. The molecule has 1 aromatic carbocycles. The molecule has 0 radical (unpaired) electrons. The molecule has 0 bridgehead atoms. The Bertz CT molecular complexity index is 1000. The van der Waals surface area contributed by atoms with Crippen LogP contribution in [0.25, 0.3) is 0 Å². The second kappa shape index (κ2) is 13.3. The first-order valence-electron chi connectivity index (χ1n) is 13.5. The molecule has 1 heterocycles. The van der Waals surface area contributed by atoms with Gasteiger partial charge >= 0.3 is 0 Å². The third-order valence-corrected chi connectivity index (χ3v) is 7.72. The molecule has 1 aromatic rings. The first-order chi connectivity index (χ1) is 17.5. The Morgan fingerprint density at radius 2 is 1.92 bits per heavy atom. The fourth-order valence-corrected chi connectivity index (χ4v) is 5.34. The molecular weight excluding hydrogens is 494 g/mol. The van der Waals surface area contributed by atoms with Gasteiger partial charge in [0.2, 0.25) is 10.0 Å². The van der Waals surface area contributed by atoms with Crippen molar-refractivity contribution in [3.63, 3.8) is 0 Å². The fourth-order valence-electron chi connectivity index (χ4n) is 4.79. The van der Waals surface area contributed by atoms with Crippen LogP contribution in [0.15, 0.2) is 18.2 Å². The molecule has 1 amide bonds. The van der Waals surface area contributed by atoms with Crippen LogP contribution in [0.2, 0.25) is 0 Å². The number of anilines is 1. The third-order valence-electron chi connectivity index (χ3n) is 7.11. The molecule has 0 unspecified atom stereocenters. The van der Waals surface area contributed by atoms with E-state index in [2.05, 4.69) is 23.6 Å². The minimum Gasteiger partial charge on any atom is -0.490 e. The third kappa shape index (κ3) is 9.42. The maximum atomic E-state index is 14.0. The van der Waals surface area contributed by atoms with Crippen molar-refractivity contribution in [3.05, 3.63) is 23.8 Å². The average Bonchev–Trinajstić information content (AvgIpc) is 3.63. The molecule has 3 rings (SSSR count). The number of amides is 1. The molecule has 2 aliphatic rings. The van der Waals surface area contributed by atoms with Gasteiger partial charge in [-0.2, -0.15) is 0 Å². The Balaban J connectivity index is 1.93. The van der Waals surface area contributed by atoms with Crippen LogP contribution in [0.1, 0.15) is 63.2 Å². The number of nitrogens with one attached hydrogen (secondary N) is 1. The predicted octanol–water partition coefficient (Wildman–Crippen LogP) is 3.20. The van der Waals surface area contributed by atoms with E-state index >= 15 is 0 Å². The largest absolute Gasteiger partial charge is 0.490 e. The van der Waals surface area contributed by atoms with Crippen molar-refractivity contribution in [2.24, 2.45) is 11.8 Å². The summed E-state index contributed by atoms with van der Waals surface area (Å²) >= 11 is 0. The highest BCUT2D eigenvalue weighted by atomic mass is 32.2. The van der Waals surface area contributed by atoms with Gasteiger partial charge in [-0.1, -0.05) is 6.92 Å². The standard InChI is InChI=1S/C27H45N3O6S/c1-19-15-30(20(2)18-31)27(32)24-14-23(28-37(5,33)34)11-12-25(24)36-21(3)8-6-7-13-35-26(19)17-29(4)16-22-9-10-22/h11-12,14,19-22,26,28,31H,6-10,13,15-18H2,1-5H3/t19-,20+,21+,26-/m0/s1. The van der Waals surface area contributed by atoms with Crippen LogP contribution >= 0.6 is 0 Å². The van der Waals surface area contributed by atoms with Gasteiger partial charge in [-0.05, 0) is 77.1 Å². The molecular formula is C27H45N3O6S. The van der Waals surface area contributed by atoms with E-state index in [9.17, 15) is 18.3 Å². The number of fused-ring (bicyclic) bond motifs is 1. The SMILES string of the molecule is C[C@@H]1CCCCO[C@@H](CN(C)CC2CC2)[C@@H](C)CN([C@H](C)CO)C(=O)c2cc(NS(C)(=O)=O)ccc2O1. The zero-order valence-electron chi connectivity index (χ0n) is 23.0. The summed E-state index contributed by atoms with van der Waals surface area (Å²) in [5.41, 5.74) is 0.563. The van der Waals surface area contributed by atoms with Crippen molar-refractivity contribution >= 4 is 21.6 Å². The number of sulfonamides is 1. The molecule has 2 N–H and O–H groups in total. The van der Waals surface area contributed by atoms with Crippen LogP contribution in [0.3, 0.4) is 0 Å². The Kier molecular flexibility index (Phi) is 10.6. The highest BCUT2D eigenvalue weighted by molar-refractivity contribution is 7.92. The number of aliphatic hydroxyl groups excluding tert-OH is 1. The van der Waals surface area contributed by atoms with E-state index < -0.39 is 16.1 Å². The van der Waals surface area contributed by atoms with Crippen molar-refractivity contribution in [1.82, 2.24) is 9.80 Å². The van der Waals surface area contributed by atoms with Gasteiger partial charge in [0.25, 0.3) is 5.91 Å². The van der Waals surface area contributed by atoms with Crippen LogP contribution in [-0.2, 0) is 14.8 Å². The Hall–Kier alpha value is -1.88. The van der Waals surface area contributed by atoms with Crippen LogP contribution in [0, 0.1) is 11.8 Å². The number of nitrogens with zero attached hydrogens (tertiary/aromatic N) is 2. The number of likely N-dealkylation sites (N-methyl/N-ethyl adjacent to an activating group) is 1.